The van der Waals surface area contributed by atoms with E-state index in [0.717, 1.165) is 0 Å². The van der Waals surface area contributed by atoms with Crippen LogP contribution in [-0.4, -0.2) is 23.6 Å². The lowest BCUT2D eigenvalue weighted by atomic mass is 10.0. The first kappa shape index (κ1) is 12.7. The average molecular weight is 261 g/mol. The summed E-state index contributed by atoms with van der Waals surface area (Å²) in [6.07, 6.45) is 0. The predicted octanol–water partition coefficient (Wildman–Crippen LogP) is 0.487. The monoisotopic (exact) mass is 261 g/mol. The molecule has 1 aliphatic heterocycles. The molecule has 0 radical (unpaired) electrons. The summed E-state index contributed by atoms with van der Waals surface area (Å²) in [5, 5.41) is 7.07. The van der Waals surface area contributed by atoms with Gasteiger partial charge in [-0.25, -0.2) is 0 Å². The van der Waals surface area contributed by atoms with Crippen LogP contribution in [0.2, 0.25) is 0 Å². The number of nitrogens with one attached hydrogen (secondary N) is 3. The van der Waals surface area contributed by atoms with Crippen LogP contribution in [-0.2, 0) is 9.59 Å². The van der Waals surface area contributed by atoms with E-state index in [9.17, 15) is 19.2 Å². The van der Waals surface area contributed by atoms with Gasteiger partial charge in [0.25, 0.3) is 11.8 Å². The van der Waals surface area contributed by atoms with E-state index in [4.69, 9.17) is 0 Å². The molecule has 0 atom stereocenters. The minimum absolute atomic E-state index is 0.0615. The van der Waals surface area contributed by atoms with Crippen LogP contribution in [0.1, 0.15) is 34.6 Å². The van der Waals surface area contributed by atoms with Gasteiger partial charge in [0.05, 0.1) is 22.5 Å². The van der Waals surface area contributed by atoms with E-state index in [1.807, 2.05) is 0 Å². The third kappa shape index (κ3) is 2.30. The van der Waals surface area contributed by atoms with Gasteiger partial charge in [0, 0.05) is 13.8 Å². The standard InChI is InChI=1S/C12H11N3O4/c1-5(16)13-7-3-4-8(14-6(2)17)10-9(7)11(18)15-12(10)19/h3-4H,1-2H3,(H,13,16)(H,14,17)(H,15,18,19). The number of hydrogen-bond donors (Lipinski definition) is 3. The summed E-state index contributed by atoms with van der Waals surface area (Å²) in [7, 11) is 0. The number of carbonyl (C=O) groups excluding carboxylic acids is 4. The van der Waals surface area contributed by atoms with Crippen molar-refractivity contribution in [2.45, 2.75) is 13.8 Å². The van der Waals surface area contributed by atoms with Crippen LogP contribution in [0, 0.1) is 0 Å². The van der Waals surface area contributed by atoms with E-state index in [0.29, 0.717) is 0 Å². The number of hydrogen-bond acceptors (Lipinski definition) is 4. The maximum absolute atomic E-state index is 11.7. The van der Waals surface area contributed by atoms with Crippen LogP contribution in [0.25, 0.3) is 0 Å². The molecular weight excluding hydrogens is 250 g/mol. The molecule has 19 heavy (non-hydrogen) atoms. The van der Waals surface area contributed by atoms with Crippen molar-refractivity contribution in [2.24, 2.45) is 0 Å². The number of fused-ring (bicyclic) bond motifs is 1. The van der Waals surface area contributed by atoms with E-state index in [1.54, 1.807) is 0 Å². The molecule has 7 nitrogen and oxygen atoms in total. The minimum atomic E-state index is -0.601. The second-order valence-corrected chi connectivity index (χ2v) is 4.06. The Bertz CT molecular complexity index is 569. The summed E-state index contributed by atoms with van der Waals surface area (Å²) in [6.45, 7) is 2.59. The Morgan fingerprint density at radius 1 is 0.895 bits per heavy atom. The van der Waals surface area contributed by atoms with Crippen LogP contribution in [0.4, 0.5) is 11.4 Å². The summed E-state index contributed by atoms with van der Waals surface area (Å²) in [6, 6.07) is 2.92. The molecule has 1 aromatic rings. The molecule has 4 amide bonds. The van der Waals surface area contributed by atoms with Crippen molar-refractivity contribution in [3.8, 4) is 0 Å². The Balaban J connectivity index is 2.59. The van der Waals surface area contributed by atoms with Gasteiger partial charge in [0.15, 0.2) is 0 Å². The van der Waals surface area contributed by atoms with Crippen molar-refractivity contribution in [1.82, 2.24) is 5.32 Å². The zero-order valence-electron chi connectivity index (χ0n) is 10.3. The quantitative estimate of drug-likeness (QED) is 0.674. The summed E-state index contributed by atoms with van der Waals surface area (Å²) < 4.78 is 0. The fourth-order valence-corrected chi connectivity index (χ4v) is 1.89. The minimum Gasteiger partial charge on any atom is -0.326 e. The molecule has 3 N–H and O–H groups in total. The first-order valence-corrected chi connectivity index (χ1v) is 5.48. The molecule has 0 fully saturated rings. The van der Waals surface area contributed by atoms with Crippen LogP contribution in [0.3, 0.4) is 0 Å². The lowest BCUT2D eigenvalue weighted by molar-refractivity contribution is -0.115. The van der Waals surface area contributed by atoms with Crippen molar-refractivity contribution >= 4 is 35.0 Å². The van der Waals surface area contributed by atoms with Gasteiger partial charge in [-0.3, -0.25) is 24.5 Å². The van der Waals surface area contributed by atoms with E-state index in [2.05, 4.69) is 16.0 Å². The molecule has 0 bridgehead atoms. The van der Waals surface area contributed by atoms with Crippen LogP contribution in [0.5, 0.6) is 0 Å². The van der Waals surface area contributed by atoms with Gasteiger partial charge < -0.3 is 10.6 Å². The lowest BCUT2D eigenvalue weighted by Crippen LogP contribution is -2.21. The summed E-state index contributed by atoms with van der Waals surface area (Å²) >= 11 is 0. The van der Waals surface area contributed by atoms with Crippen LogP contribution < -0.4 is 16.0 Å². The highest BCUT2D eigenvalue weighted by molar-refractivity contribution is 6.27. The SMILES string of the molecule is CC(=O)Nc1ccc(NC(C)=O)c2c1C(=O)NC2=O. The maximum Gasteiger partial charge on any atom is 0.261 e. The largest absolute Gasteiger partial charge is 0.326 e. The Morgan fingerprint density at radius 3 is 1.58 bits per heavy atom. The summed E-state index contributed by atoms with van der Waals surface area (Å²) in [5.74, 6) is -1.92. The zero-order valence-corrected chi connectivity index (χ0v) is 10.3. The van der Waals surface area contributed by atoms with Crippen LogP contribution >= 0.6 is 0 Å². The van der Waals surface area contributed by atoms with Gasteiger partial charge in [-0.15, -0.1) is 0 Å². The first-order valence-electron chi connectivity index (χ1n) is 5.48. The Labute approximate surface area is 108 Å². The topological polar surface area (TPSA) is 104 Å². The van der Waals surface area contributed by atoms with Gasteiger partial charge in [-0.2, -0.15) is 0 Å². The van der Waals surface area contributed by atoms with Gasteiger partial charge in [-0.1, -0.05) is 0 Å². The van der Waals surface area contributed by atoms with E-state index in [-0.39, 0.29) is 34.3 Å². The Hall–Kier alpha value is -2.70. The molecule has 7 heteroatoms. The fraction of sp³-hybridized carbons (Fsp3) is 0.167. The second-order valence-electron chi connectivity index (χ2n) is 4.06. The van der Waals surface area contributed by atoms with Crippen molar-refractivity contribution in [3.63, 3.8) is 0 Å². The third-order valence-electron chi connectivity index (χ3n) is 2.51. The molecule has 1 aromatic carbocycles. The molecule has 0 spiro atoms. The lowest BCUT2D eigenvalue weighted by Gasteiger charge is -2.10. The van der Waals surface area contributed by atoms with Crippen LogP contribution in [0.15, 0.2) is 12.1 Å². The van der Waals surface area contributed by atoms with E-state index >= 15 is 0 Å². The molecule has 0 aromatic heterocycles. The van der Waals surface area contributed by atoms with Gasteiger partial charge in [-0.05, 0) is 12.1 Å². The fourth-order valence-electron chi connectivity index (χ4n) is 1.89. The van der Waals surface area contributed by atoms with Gasteiger partial charge >= 0.3 is 0 Å². The first-order chi connectivity index (χ1) is 8.90. The third-order valence-corrected chi connectivity index (χ3v) is 2.51. The maximum atomic E-state index is 11.7. The summed E-state index contributed by atoms with van der Waals surface area (Å²) in [5.41, 5.74) is 0.595. The predicted molar refractivity (Wildman–Crippen MR) is 66.8 cm³/mol. The number of benzene rings is 1. The number of anilines is 2. The molecular formula is C12H11N3O4. The highest BCUT2D eigenvalue weighted by Gasteiger charge is 2.32. The molecule has 2 rings (SSSR count). The number of carbonyl (C=O) groups is 4. The van der Waals surface area contributed by atoms with E-state index in [1.165, 1.54) is 26.0 Å². The normalized spacial score (nSPS) is 12.7. The number of amides is 4. The Morgan fingerprint density at radius 2 is 1.26 bits per heavy atom. The van der Waals surface area contributed by atoms with Crippen molar-refractivity contribution < 1.29 is 19.2 Å². The molecule has 98 valence electrons. The molecule has 0 unspecified atom stereocenters. The van der Waals surface area contributed by atoms with Gasteiger partial charge in [0.2, 0.25) is 11.8 Å². The molecule has 0 saturated heterocycles. The highest BCUT2D eigenvalue weighted by Crippen LogP contribution is 2.30. The second kappa shape index (κ2) is 4.52. The highest BCUT2D eigenvalue weighted by atomic mass is 16.2. The number of rotatable bonds is 2. The number of imide groups is 1. The van der Waals surface area contributed by atoms with Crippen molar-refractivity contribution in [2.75, 3.05) is 10.6 Å². The molecule has 0 saturated carbocycles. The van der Waals surface area contributed by atoms with Crippen molar-refractivity contribution in [3.05, 3.63) is 23.3 Å². The zero-order chi connectivity index (χ0) is 14.2. The Kier molecular flexibility index (Phi) is 3.04. The van der Waals surface area contributed by atoms with E-state index < -0.39 is 11.8 Å². The van der Waals surface area contributed by atoms with Gasteiger partial charge in [0.1, 0.15) is 0 Å². The summed E-state index contributed by atoms with van der Waals surface area (Å²) in [4.78, 5) is 45.6. The van der Waals surface area contributed by atoms with Crippen molar-refractivity contribution in [1.29, 1.82) is 0 Å². The smallest absolute Gasteiger partial charge is 0.261 e. The molecule has 1 heterocycles. The molecule has 0 aliphatic carbocycles. The molecule has 1 aliphatic rings. The average Bonchev–Trinajstić information content (AvgIpc) is 2.57.